The minimum absolute atomic E-state index is 0.782. The van der Waals surface area contributed by atoms with Gasteiger partial charge in [0.25, 0.3) is 0 Å². The van der Waals surface area contributed by atoms with Crippen molar-refractivity contribution in [2.45, 2.75) is 71.6 Å². The molecular formula is C29H37NO. The third-order valence-electron chi connectivity index (χ3n) is 5.79. The highest BCUT2D eigenvalue weighted by atomic mass is 16.5. The number of pyridine rings is 1. The molecule has 2 heteroatoms. The van der Waals surface area contributed by atoms with Crippen LogP contribution in [0.4, 0.5) is 0 Å². The Balaban J connectivity index is 1.47. The highest BCUT2D eigenvalue weighted by molar-refractivity contribution is 5.60. The number of aromatic nitrogens is 1. The second kappa shape index (κ2) is 12.9. The molecule has 3 rings (SSSR count). The first kappa shape index (κ1) is 23.1. The Morgan fingerprint density at radius 1 is 0.613 bits per heavy atom. The van der Waals surface area contributed by atoms with E-state index in [9.17, 15) is 0 Å². The van der Waals surface area contributed by atoms with Crippen LogP contribution in [-0.2, 0) is 19.3 Å². The van der Waals surface area contributed by atoms with Crippen LogP contribution in [0, 0.1) is 0 Å². The van der Waals surface area contributed by atoms with Gasteiger partial charge in [0, 0.05) is 11.8 Å². The zero-order valence-corrected chi connectivity index (χ0v) is 19.3. The Morgan fingerprint density at radius 2 is 1.26 bits per heavy atom. The van der Waals surface area contributed by atoms with E-state index < -0.39 is 0 Å². The molecule has 0 N–H and O–H groups in total. The fourth-order valence-electron chi connectivity index (χ4n) is 3.72. The smallest absolute Gasteiger partial charge is 0.119 e. The molecule has 2 aromatic carbocycles. The number of rotatable bonds is 13. The Labute approximate surface area is 188 Å². The summed E-state index contributed by atoms with van der Waals surface area (Å²) < 4.78 is 5.75. The largest absolute Gasteiger partial charge is 0.494 e. The quantitative estimate of drug-likeness (QED) is 0.265. The number of unbranched alkanes of at least 4 members (excludes halogenated alkanes) is 4. The normalized spacial score (nSPS) is 10.9. The van der Waals surface area contributed by atoms with Gasteiger partial charge in [-0.1, -0.05) is 69.9 Å². The molecule has 0 fully saturated rings. The number of aryl methyl sites for hydroxylation is 3. The van der Waals surface area contributed by atoms with E-state index in [-0.39, 0.29) is 0 Å². The SMILES string of the molecule is CCCCCCc1ccc(CCc2ccc(-c3ccc(OCCCC)cc3)nc2)cc1. The third kappa shape index (κ3) is 7.86. The molecule has 0 atom stereocenters. The first-order valence-electron chi connectivity index (χ1n) is 12.0. The van der Waals surface area contributed by atoms with Gasteiger partial charge in [-0.2, -0.15) is 0 Å². The maximum absolute atomic E-state index is 5.75. The summed E-state index contributed by atoms with van der Waals surface area (Å²) in [5.74, 6) is 0.931. The number of nitrogens with zero attached hydrogens (tertiary/aromatic N) is 1. The molecule has 0 aliphatic carbocycles. The first-order valence-corrected chi connectivity index (χ1v) is 12.0. The van der Waals surface area contributed by atoms with E-state index in [1.807, 2.05) is 18.3 Å². The molecule has 0 aliphatic heterocycles. The highest BCUT2D eigenvalue weighted by Crippen LogP contribution is 2.21. The van der Waals surface area contributed by atoms with E-state index >= 15 is 0 Å². The maximum Gasteiger partial charge on any atom is 0.119 e. The van der Waals surface area contributed by atoms with Crippen molar-refractivity contribution in [2.75, 3.05) is 6.61 Å². The summed E-state index contributed by atoms with van der Waals surface area (Å²) in [4.78, 5) is 4.69. The summed E-state index contributed by atoms with van der Waals surface area (Å²) in [6.07, 6.45) is 12.8. The van der Waals surface area contributed by atoms with Gasteiger partial charge in [0.05, 0.1) is 12.3 Å². The first-order chi connectivity index (χ1) is 15.3. The Hall–Kier alpha value is -2.61. The van der Waals surface area contributed by atoms with Crippen LogP contribution in [0.1, 0.15) is 69.1 Å². The molecule has 164 valence electrons. The van der Waals surface area contributed by atoms with Gasteiger partial charge < -0.3 is 4.74 Å². The molecular weight excluding hydrogens is 378 g/mol. The van der Waals surface area contributed by atoms with E-state index in [0.717, 1.165) is 49.3 Å². The molecule has 0 amide bonds. The standard InChI is InChI=1S/C29H37NO/c1-3-5-7-8-9-24-10-12-25(13-11-24)14-15-26-16-21-29(30-23-26)27-17-19-28(20-18-27)31-22-6-4-2/h10-13,16-21,23H,3-9,14-15,22H2,1-2H3. The van der Waals surface area contributed by atoms with Gasteiger partial charge in [0.1, 0.15) is 5.75 Å². The number of ether oxygens (including phenoxy) is 1. The minimum Gasteiger partial charge on any atom is -0.494 e. The molecule has 0 saturated carbocycles. The lowest BCUT2D eigenvalue weighted by atomic mass is 10.0. The Kier molecular flexibility index (Phi) is 9.63. The topological polar surface area (TPSA) is 22.1 Å². The van der Waals surface area contributed by atoms with Crippen LogP contribution in [0.15, 0.2) is 66.9 Å². The van der Waals surface area contributed by atoms with Crippen LogP contribution in [0.5, 0.6) is 5.75 Å². The summed E-state index contributed by atoms with van der Waals surface area (Å²) in [5, 5.41) is 0. The lowest BCUT2D eigenvalue weighted by molar-refractivity contribution is 0.309. The molecule has 1 aromatic heterocycles. The van der Waals surface area contributed by atoms with Gasteiger partial charge in [-0.3, -0.25) is 4.98 Å². The molecule has 0 saturated heterocycles. The molecule has 1 heterocycles. The molecule has 31 heavy (non-hydrogen) atoms. The van der Waals surface area contributed by atoms with E-state index in [0.29, 0.717) is 0 Å². The summed E-state index contributed by atoms with van der Waals surface area (Å²) in [6, 6.07) is 21.8. The van der Waals surface area contributed by atoms with Crippen LogP contribution in [-0.4, -0.2) is 11.6 Å². The fourth-order valence-corrected chi connectivity index (χ4v) is 3.72. The van der Waals surface area contributed by atoms with Crippen molar-refractivity contribution in [3.63, 3.8) is 0 Å². The molecule has 0 aliphatic rings. The van der Waals surface area contributed by atoms with Gasteiger partial charge in [0.2, 0.25) is 0 Å². The van der Waals surface area contributed by atoms with E-state index in [2.05, 4.69) is 67.4 Å². The number of hydrogen-bond acceptors (Lipinski definition) is 2. The molecule has 0 unspecified atom stereocenters. The number of benzene rings is 2. The van der Waals surface area contributed by atoms with Crippen molar-refractivity contribution >= 4 is 0 Å². The molecule has 2 nitrogen and oxygen atoms in total. The van der Waals surface area contributed by atoms with Crippen LogP contribution >= 0.6 is 0 Å². The van der Waals surface area contributed by atoms with Crippen molar-refractivity contribution in [1.29, 1.82) is 0 Å². The van der Waals surface area contributed by atoms with Crippen LogP contribution in [0.2, 0.25) is 0 Å². The fraction of sp³-hybridized carbons (Fsp3) is 0.414. The average molecular weight is 416 g/mol. The summed E-state index contributed by atoms with van der Waals surface area (Å²) in [7, 11) is 0. The van der Waals surface area contributed by atoms with E-state index in [4.69, 9.17) is 4.74 Å². The average Bonchev–Trinajstić information content (AvgIpc) is 2.82. The second-order valence-electron chi connectivity index (χ2n) is 8.41. The predicted octanol–water partition coefficient (Wildman–Crippen LogP) is 7.84. The Bertz CT molecular complexity index is 866. The summed E-state index contributed by atoms with van der Waals surface area (Å²) in [5.41, 5.74) is 6.29. The van der Waals surface area contributed by atoms with Gasteiger partial charge >= 0.3 is 0 Å². The minimum atomic E-state index is 0.782. The van der Waals surface area contributed by atoms with Crippen molar-refractivity contribution in [2.24, 2.45) is 0 Å². The Morgan fingerprint density at radius 3 is 1.90 bits per heavy atom. The predicted molar refractivity (Wildman–Crippen MR) is 132 cm³/mol. The van der Waals surface area contributed by atoms with Gasteiger partial charge in [0.15, 0.2) is 0 Å². The van der Waals surface area contributed by atoms with Crippen molar-refractivity contribution in [3.8, 4) is 17.0 Å². The van der Waals surface area contributed by atoms with Gasteiger partial charge in [-0.15, -0.1) is 0 Å². The van der Waals surface area contributed by atoms with Crippen LogP contribution in [0.3, 0.4) is 0 Å². The van der Waals surface area contributed by atoms with Crippen molar-refractivity contribution in [1.82, 2.24) is 4.98 Å². The molecule has 0 radical (unpaired) electrons. The van der Waals surface area contributed by atoms with Crippen LogP contribution in [0.25, 0.3) is 11.3 Å². The third-order valence-corrected chi connectivity index (χ3v) is 5.79. The summed E-state index contributed by atoms with van der Waals surface area (Å²) >= 11 is 0. The van der Waals surface area contributed by atoms with Gasteiger partial charge in [-0.25, -0.2) is 0 Å². The lowest BCUT2D eigenvalue weighted by Crippen LogP contribution is -1.96. The monoisotopic (exact) mass is 415 g/mol. The molecule has 0 bridgehead atoms. The molecule has 3 aromatic rings. The highest BCUT2D eigenvalue weighted by Gasteiger charge is 2.03. The zero-order chi connectivity index (χ0) is 21.7. The van der Waals surface area contributed by atoms with Crippen molar-refractivity contribution in [3.05, 3.63) is 83.6 Å². The second-order valence-corrected chi connectivity index (χ2v) is 8.41. The van der Waals surface area contributed by atoms with Crippen molar-refractivity contribution < 1.29 is 4.74 Å². The van der Waals surface area contributed by atoms with Gasteiger partial charge in [-0.05, 0) is 79.1 Å². The number of hydrogen-bond donors (Lipinski definition) is 0. The van der Waals surface area contributed by atoms with E-state index in [1.54, 1.807) is 0 Å². The maximum atomic E-state index is 5.75. The summed E-state index contributed by atoms with van der Waals surface area (Å²) in [6.45, 7) is 5.22. The zero-order valence-electron chi connectivity index (χ0n) is 19.3. The van der Waals surface area contributed by atoms with Crippen LogP contribution < -0.4 is 4.74 Å². The van der Waals surface area contributed by atoms with E-state index in [1.165, 1.54) is 48.8 Å². The lowest BCUT2D eigenvalue weighted by Gasteiger charge is -2.08. The molecule has 0 spiro atoms.